The molecule has 1 saturated carbocycles. The van der Waals surface area contributed by atoms with Crippen LogP contribution in [-0.4, -0.2) is 9.97 Å². The third-order valence-electron chi connectivity index (χ3n) is 2.49. The number of nitrogens with two attached hydrogens (primary N) is 2. The minimum atomic E-state index is 0.220. The van der Waals surface area contributed by atoms with E-state index in [1.807, 2.05) is 0 Å². The van der Waals surface area contributed by atoms with E-state index in [4.69, 9.17) is 11.5 Å². The molecule has 2 rings (SSSR count). The van der Waals surface area contributed by atoms with Crippen LogP contribution in [0.4, 0.5) is 11.8 Å². The first-order valence-corrected chi connectivity index (χ1v) is 4.00. The van der Waals surface area contributed by atoms with Crippen molar-refractivity contribution >= 4 is 11.8 Å². The average molecular weight is 164 g/mol. The summed E-state index contributed by atoms with van der Waals surface area (Å²) in [6.07, 6.45) is 4.08. The summed E-state index contributed by atoms with van der Waals surface area (Å²) in [7, 11) is 0. The quantitative estimate of drug-likeness (QED) is 0.640. The third-order valence-corrected chi connectivity index (χ3v) is 2.49. The van der Waals surface area contributed by atoms with Crippen molar-refractivity contribution in [1.29, 1.82) is 0 Å². The fraction of sp³-hybridized carbons (Fsp3) is 0.500. The predicted molar refractivity (Wildman–Crippen MR) is 47.4 cm³/mol. The Balaban J connectivity index is 2.45. The number of hydrogen-bond donors (Lipinski definition) is 2. The lowest BCUT2D eigenvalue weighted by Crippen LogP contribution is -2.09. The Hall–Kier alpha value is -1.32. The van der Waals surface area contributed by atoms with Gasteiger partial charge < -0.3 is 11.5 Å². The Morgan fingerprint density at radius 1 is 1.42 bits per heavy atom. The summed E-state index contributed by atoms with van der Waals surface area (Å²) in [4.78, 5) is 7.86. The second-order valence-electron chi connectivity index (χ2n) is 3.59. The molecule has 0 amide bonds. The van der Waals surface area contributed by atoms with Crippen LogP contribution in [0.1, 0.15) is 25.3 Å². The molecule has 4 N–H and O–H groups in total. The lowest BCUT2D eigenvalue weighted by molar-refractivity contribution is 0.778. The first kappa shape index (κ1) is 7.34. The van der Waals surface area contributed by atoms with Gasteiger partial charge in [-0.3, -0.25) is 0 Å². The molecule has 0 saturated heterocycles. The van der Waals surface area contributed by atoms with E-state index >= 15 is 0 Å². The van der Waals surface area contributed by atoms with Gasteiger partial charge >= 0.3 is 0 Å². The zero-order valence-electron chi connectivity index (χ0n) is 7.04. The number of nitrogens with zero attached hydrogens (tertiary/aromatic N) is 2. The summed E-state index contributed by atoms with van der Waals surface area (Å²) < 4.78 is 0. The van der Waals surface area contributed by atoms with Crippen molar-refractivity contribution in [3.8, 4) is 0 Å². The van der Waals surface area contributed by atoms with E-state index in [1.165, 1.54) is 12.8 Å². The van der Waals surface area contributed by atoms with Crippen LogP contribution < -0.4 is 11.5 Å². The molecule has 1 aromatic rings. The minimum absolute atomic E-state index is 0.220. The average Bonchev–Trinajstić information content (AvgIpc) is 2.68. The largest absolute Gasteiger partial charge is 0.383 e. The molecular weight excluding hydrogens is 152 g/mol. The zero-order valence-corrected chi connectivity index (χ0v) is 7.04. The Bertz CT molecular complexity index is 317. The molecule has 1 aliphatic rings. The van der Waals surface area contributed by atoms with Gasteiger partial charge in [0.1, 0.15) is 5.82 Å². The molecule has 4 heteroatoms. The molecule has 64 valence electrons. The van der Waals surface area contributed by atoms with Gasteiger partial charge in [0.2, 0.25) is 5.95 Å². The van der Waals surface area contributed by atoms with Gasteiger partial charge in [0, 0.05) is 11.8 Å². The van der Waals surface area contributed by atoms with Crippen molar-refractivity contribution in [2.45, 2.75) is 25.2 Å². The standard InChI is InChI=1S/C8H12N4/c1-8(2-3-8)5-4-11-7(10)12-6(5)9/h4H,2-3H2,1H3,(H4,9,10,11,12). The maximum atomic E-state index is 5.72. The fourth-order valence-electron chi connectivity index (χ4n) is 1.33. The molecule has 1 aliphatic carbocycles. The summed E-state index contributed by atoms with van der Waals surface area (Å²) in [6, 6.07) is 0. The molecule has 0 atom stereocenters. The Labute approximate surface area is 71.0 Å². The van der Waals surface area contributed by atoms with Crippen LogP contribution in [0.15, 0.2) is 6.20 Å². The van der Waals surface area contributed by atoms with Crippen LogP contribution in [-0.2, 0) is 5.41 Å². The maximum Gasteiger partial charge on any atom is 0.221 e. The lowest BCUT2D eigenvalue weighted by Gasteiger charge is -2.09. The Morgan fingerprint density at radius 2 is 2.08 bits per heavy atom. The minimum Gasteiger partial charge on any atom is -0.383 e. The van der Waals surface area contributed by atoms with Crippen molar-refractivity contribution in [1.82, 2.24) is 9.97 Å². The molecule has 0 spiro atoms. The number of rotatable bonds is 1. The maximum absolute atomic E-state index is 5.72. The van der Waals surface area contributed by atoms with Gasteiger partial charge in [-0.2, -0.15) is 4.98 Å². The molecule has 0 bridgehead atoms. The van der Waals surface area contributed by atoms with Crippen molar-refractivity contribution in [3.63, 3.8) is 0 Å². The van der Waals surface area contributed by atoms with Gasteiger partial charge in [-0.1, -0.05) is 6.92 Å². The van der Waals surface area contributed by atoms with E-state index in [0.29, 0.717) is 5.82 Å². The SMILES string of the molecule is CC1(c2cnc(N)nc2N)CC1. The van der Waals surface area contributed by atoms with Gasteiger partial charge in [-0.25, -0.2) is 4.98 Å². The highest BCUT2D eigenvalue weighted by molar-refractivity contribution is 5.48. The monoisotopic (exact) mass is 164 g/mol. The number of hydrogen-bond acceptors (Lipinski definition) is 4. The molecule has 1 heterocycles. The Morgan fingerprint density at radius 3 is 2.58 bits per heavy atom. The van der Waals surface area contributed by atoms with Gasteiger partial charge in [0.15, 0.2) is 0 Å². The first-order valence-electron chi connectivity index (χ1n) is 4.00. The molecular formula is C8H12N4. The van der Waals surface area contributed by atoms with Crippen molar-refractivity contribution in [3.05, 3.63) is 11.8 Å². The van der Waals surface area contributed by atoms with E-state index in [2.05, 4.69) is 16.9 Å². The summed E-state index contributed by atoms with van der Waals surface area (Å²) >= 11 is 0. The molecule has 4 nitrogen and oxygen atoms in total. The lowest BCUT2D eigenvalue weighted by atomic mass is 10.0. The van der Waals surface area contributed by atoms with Crippen LogP contribution in [0.2, 0.25) is 0 Å². The fourth-order valence-corrected chi connectivity index (χ4v) is 1.33. The van der Waals surface area contributed by atoms with E-state index < -0.39 is 0 Å². The molecule has 0 radical (unpaired) electrons. The first-order chi connectivity index (χ1) is 5.62. The predicted octanol–water partition coefficient (Wildman–Crippen LogP) is 0.693. The highest BCUT2D eigenvalue weighted by Crippen LogP contribution is 2.48. The summed E-state index contributed by atoms with van der Waals surface area (Å²) in [6.45, 7) is 2.16. The topological polar surface area (TPSA) is 77.8 Å². The van der Waals surface area contributed by atoms with Crippen LogP contribution in [0.3, 0.4) is 0 Å². The molecule has 1 fully saturated rings. The summed E-state index contributed by atoms with van der Waals surface area (Å²) in [5.74, 6) is 0.781. The van der Waals surface area contributed by atoms with Crippen molar-refractivity contribution < 1.29 is 0 Å². The highest BCUT2D eigenvalue weighted by Gasteiger charge is 2.41. The van der Waals surface area contributed by atoms with E-state index in [0.717, 1.165) is 5.56 Å². The van der Waals surface area contributed by atoms with E-state index in [-0.39, 0.29) is 11.4 Å². The smallest absolute Gasteiger partial charge is 0.221 e. The second-order valence-corrected chi connectivity index (χ2v) is 3.59. The van der Waals surface area contributed by atoms with Gasteiger partial charge in [-0.05, 0) is 18.3 Å². The molecule has 0 aliphatic heterocycles. The number of nitrogen functional groups attached to an aromatic ring is 2. The van der Waals surface area contributed by atoms with Crippen LogP contribution in [0.5, 0.6) is 0 Å². The summed E-state index contributed by atoms with van der Waals surface area (Å²) in [5.41, 5.74) is 12.4. The Kier molecular flexibility index (Phi) is 1.28. The van der Waals surface area contributed by atoms with Crippen molar-refractivity contribution in [2.24, 2.45) is 0 Å². The number of anilines is 2. The molecule has 0 aromatic carbocycles. The van der Waals surface area contributed by atoms with Crippen LogP contribution in [0.25, 0.3) is 0 Å². The van der Waals surface area contributed by atoms with Crippen LogP contribution >= 0.6 is 0 Å². The van der Waals surface area contributed by atoms with E-state index in [9.17, 15) is 0 Å². The van der Waals surface area contributed by atoms with Gasteiger partial charge in [-0.15, -0.1) is 0 Å². The summed E-state index contributed by atoms with van der Waals surface area (Å²) in [5, 5.41) is 0. The molecule has 1 aromatic heterocycles. The van der Waals surface area contributed by atoms with E-state index in [1.54, 1.807) is 6.20 Å². The third kappa shape index (κ3) is 0.995. The molecule has 12 heavy (non-hydrogen) atoms. The molecule has 0 unspecified atom stereocenters. The van der Waals surface area contributed by atoms with Gasteiger partial charge in [0.25, 0.3) is 0 Å². The number of aromatic nitrogens is 2. The second kappa shape index (κ2) is 2.09. The normalized spacial score (nSPS) is 19.1. The highest BCUT2D eigenvalue weighted by atomic mass is 15.0. The zero-order chi connectivity index (χ0) is 8.77. The van der Waals surface area contributed by atoms with Gasteiger partial charge in [0.05, 0.1) is 0 Å². The van der Waals surface area contributed by atoms with Crippen LogP contribution in [0, 0.1) is 0 Å². The van der Waals surface area contributed by atoms with Crippen molar-refractivity contribution in [2.75, 3.05) is 11.5 Å².